The molecule has 0 bridgehead atoms. The Bertz CT molecular complexity index is 664. The van der Waals surface area contributed by atoms with Gasteiger partial charge in [-0.1, -0.05) is 30.3 Å². The van der Waals surface area contributed by atoms with Crippen LogP contribution < -0.4 is 5.32 Å². The summed E-state index contributed by atoms with van der Waals surface area (Å²) in [5.74, 6) is -0.915. The number of carbonyl (C=O) groups excluding carboxylic acids is 2. The number of benzene rings is 1. The first-order chi connectivity index (χ1) is 10.1. The van der Waals surface area contributed by atoms with Gasteiger partial charge in [0.15, 0.2) is 5.76 Å². The molecule has 2 rings (SSSR count). The SMILES string of the molecule is C=C(Cl)COC(=O)c1ccccc1NC(=O)c1ccco1. The van der Waals surface area contributed by atoms with E-state index in [4.69, 9.17) is 20.8 Å². The fourth-order valence-electron chi connectivity index (χ4n) is 1.58. The summed E-state index contributed by atoms with van der Waals surface area (Å²) in [6.45, 7) is 3.34. The van der Waals surface area contributed by atoms with Crippen molar-refractivity contribution >= 4 is 29.2 Å². The third-order valence-electron chi connectivity index (χ3n) is 2.50. The first kappa shape index (κ1) is 14.9. The highest BCUT2D eigenvalue weighted by Crippen LogP contribution is 2.18. The molecule has 1 aromatic carbocycles. The Morgan fingerprint density at radius 1 is 1.24 bits per heavy atom. The van der Waals surface area contributed by atoms with Crippen molar-refractivity contribution in [3.8, 4) is 0 Å². The summed E-state index contributed by atoms with van der Waals surface area (Å²) in [5, 5.41) is 2.80. The third kappa shape index (κ3) is 3.97. The van der Waals surface area contributed by atoms with Gasteiger partial charge in [0.25, 0.3) is 5.91 Å². The zero-order chi connectivity index (χ0) is 15.2. The van der Waals surface area contributed by atoms with Crippen LogP contribution in [0.2, 0.25) is 0 Å². The van der Waals surface area contributed by atoms with Crippen molar-refractivity contribution in [1.29, 1.82) is 0 Å². The van der Waals surface area contributed by atoms with Gasteiger partial charge in [-0.15, -0.1) is 0 Å². The molecule has 1 N–H and O–H groups in total. The highest BCUT2D eigenvalue weighted by Gasteiger charge is 2.16. The van der Waals surface area contributed by atoms with Gasteiger partial charge < -0.3 is 14.5 Å². The van der Waals surface area contributed by atoms with Gasteiger partial charge in [-0.25, -0.2) is 4.79 Å². The molecule has 0 aliphatic rings. The topological polar surface area (TPSA) is 68.5 Å². The highest BCUT2D eigenvalue weighted by molar-refractivity contribution is 6.29. The molecule has 0 aliphatic heterocycles. The molecular formula is C15H12ClNO4. The number of amides is 1. The monoisotopic (exact) mass is 305 g/mol. The lowest BCUT2D eigenvalue weighted by molar-refractivity contribution is 0.0547. The van der Waals surface area contributed by atoms with E-state index in [2.05, 4.69) is 11.9 Å². The Balaban J connectivity index is 2.15. The summed E-state index contributed by atoms with van der Waals surface area (Å²) in [6.07, 6.45) is 1.39. The predicted octanol–water partition coefficient (Wildman–Crippen LogP) is 3.44. The van der Waals surface area contributed by atoms with E-state index in [9.17, 15) is 9.59 Å². The molecule has 0 spiro atoms. The average Bonchev–Trinajstić information content (AvgIpc) is 2.99. The van der Waals surface area contributed by atoms with Gasteiger partial charge >= 0.3 is 5.97 Å². The number of rotatable bonds is 5. The number of nitrogens with one attached hydrogen (secondary N) is 1. The van der Waals surface area contributed by atoms with E-state index in [1.807, 2.05) is 0 Å². The van der Waals surface area contributed by atoms with Crippen LogP contribution in [-0.4, -0.2) is 18.5 Å². The summed E-state index contributed by atoms with van der Waals surface area (Å²) < 4.78 is 9.95. The van der Waals surface area contributed by atoms with Crippen LogP contribution in [0.15, 0.2) is 58.7 Å². The highest BCUT2D eigenvalue weighted by atomic mass is 35.5. The molecule has 6 heteroatoms. The minimum atomic E-state index is -0.604. The van der Waals surface area contributed by atoms with Gasteiger partial charge in [0.05, 0.1) is 17.5 Å². The van der Waals surface area contributed by atoms with Crippen molar-refractivity contribution in [3.05, 3.63) is 65.6 Å². The van der Waals surface area contributed by atoms with Crippen LogP contribution >= 0.6 is 11.6 Å². The molecule has 1 heterocycles. The fourth-order valence-corrected chi connectivity index (χ4v) is 1.64. The number of para-hydroxylation sites is 1. The quantitative estimate of drug-likeness (QED) is 0.859. The molecule has 2 aromatic rings. The molecular weight excluding hydrogens is 294 g/mol. The van der Waals surface area contributed by atoms with Crippen LogP contribution in [0.5, 0.6) is 0 Å². The van der Waals surface area contributed by atoms with E-state index < -0.39 is 11.9 Å². The zero-order valence-electron chi connectivity index (χ0n) is 11.0. The van der Waals surface area contributed by atoms with Gasteiger partial charge in [0.2, 0.25) is 0 Å². The summed E-state index contributed by atoms with van der Waals surface area (Å²) >= 11 is 5.55. The van der Waals surface area contributed by atoms with Crippen molar-refractivity contribution in [3.63, 3.8) is 0 Å². The van der Waals surface area contributed by atoms with Crippen LogP contribution in [0.3, 0.4) is 0 Å². The van der Waals surface area contributed by atoms with Crippen molar-refractivity contribution in [2.75, 3.05) is 11.9 Å². The Kier molecular flexibility index (Phi) is 4.79. The van der Waals surface area contributed by atoms with E-state index >= 15 is 0 Å². The summed E-state index contributed by atoms with van der Waals surface area (Å²) in [6, 6.07) is 9.60. The second-order valence-electron chi connectivity index (χ2n) is 4.07. The lowest BCUT2D eigenvalue weighted by Crippen LogP contribution is -2.15. The van der Waals surface area contributed by atoms with Crippen molar-refractivity contribution < 1.29 is 18.7 Å². The van der Waals surface area contributed by atoms with Gasteiger partial charge in [0, 0.05) is 5.03 Å². The van der Waals surface area contributed by atoms with Crippen LogP contribution in [0.1, 0.15) is 20.9 Å². The van der Waals surface area contributed by atoms with Gasteiger partial charge in [0.1, 0.15) is 6.61 Å². The lowest BCUT2D eigenvalue weighted by atomic mass is 10.1. The summed E-state index contributed by atoms with van der Waals surface area (Å²) in [7, 11) is 0. The normalized spacial score (nSPS) is 9.95. The van der Waals surface area contributed by atoms with Gasteiger partial charge in [-0.05, 0) is 24.3 Å². The largest absolute Gasteiger partial charge is 0.459 e. The van der Waals surface area contributed by atoms with E-state index in [0.29, 0.717) is 5.69 Å². The van der Waals surface area contributed by atoms with Gasteiger partial charge in [-0.2, -0.15) is 0 Å². The number of anilines is 1. The molecule has 0 radical (unpaired) electrons. The summed E-state index contributed by atoms with van der Waals surface area (Å²) in [4.78, 5) is 23.9. The first-order valence-electron chi connectivity index (χ1n) is 6.02. The summed E-state index contributed by atoms with van der Waals surface area (Å²) in [5.41, 5.74) is 0.541. The Morgan fingerprint density at radius 3 is 2.67 bits per heavy atom. The number of hydrogen-bond acceptors (Lipinski definition) is 4. The number of carbonyl (C=O) groups is 2. The molecule has 0 fully saturated rings. The minimum absolute atomic E-state index is 0.0964. The van der Waals surface area contributed by atoms with E-state index in [1.54, 1.807) is 24.3 Å². The van der Waals surface area contributed by atoms with Crippen molar-refractivity contribution in [2.45, 2.75) is 0 Å². The van der Waals surface area contributed by atoms with Crippen LogP contribution in [0.25, 0.3) is 0 Å². The third-order valence-corrected chi connectivity index (χ3v) is 2.61. The van der Waals surface area contributed by atoms with Gasteiger partial charge in [-0.3, -0.25) is 4.79 Å². The second kappa shape index (κ2) is 6.76. The Labute approximate surface area is 126 Å². The Morgan fingerprint density at radius 2 is 2.00 bits per heavy atom. The molecule has 0 saturated carbocycles. The van der Waals surface area contributed by atoms with E-state index in [0.717, 1.165) is 0 Å². The molecule has 5 nitrogen and oxygen atoms in total. The molecule has 0 unspecified atom stereocenters. The molecule has 0 saturated heterocycles. The zero-order valence-corrected chi connectivity index (χ0v) is 11.7. The maximum absolute atomic E-state index is 11.9. The second-order valence-corrected chi connectivity index (χ2v) is 4.60. The molecule has 0 atom stereocenters. The number of hydrogen-bond donors (Lipinski definition) is 1. The van der Waals surface area contributed by atoms with E-state index in [-0.39, 0.29) is 23.0 Å². The maximum Gasteiger partial charge on any atom is 0.340 e. The number of ether oxygens (including phenoxy) is 1. The molecule has 21 heavy (non-hydrogen) atoms. The Hall–Kier alpha value is -2.53. The molecule has 1 amide bonds. The molecule has 0 aliphatic carbocycles. The van der Waals surface area contributed by atoms with Crippen LogP contribution in [0, 0.1) is 0 Å². The van der Waals surface area contributed by atoms with Crippen molar-refractivity contribution in [1.82, 2.24) is 0 Å². The van der Waals surface area contributed by atoms with Crippen LogP contribution in [0.4, 0.5) is 5.69 Å². The lowest BCUT2D eigenvalue weighted by Gasteiger charge is -2.09. The van der Waals surface area contributed by atoms with Crippen molar-refractivity contribution in [2.24, 2.45) is 0 Å². The number of esters is 1. The maximum atomic E-state index is 11.9. The smallest absolute Gasteiger partial charge is 0.340 e. The number of furan rings is 1. The first-order valence-corrected chi connectivity index (χ1v) is 6.40. The predicted molar refractivity (Wildman–Crippen MR) is 78.4 cm³/mol. The molecule has 1 aromatic heterocycles. The standard InChI is InChI=1S/C15H12ClNO4/c1-10(16)9-21-15(19)11-5-2-3-6-12(11)17-14(18)13-7-4-8-20-13/h2-8H,1,9H2,(H,17,18). The van der Waals surface area contributed by atoms with Crippen LogP contribution in [-0.2, 0) is 4.74 Å². The van der Waals surface area contributed by atoms with E-state index in [1.165, 1.54) is 18.4 Å². The molecule has 108 valence electrons. The minimum Gasteiger partial charge on any atom is -0.459 e. The average molecular weight is 306 g/mol. The fraction of sp³-hybridized carbons (Fsp3) is 0.0667. The number of halogens is 1.